The van der Waals surface area contributed by atoms with Gasteiger partial charge < -0.3 is 0 Å². The third-order valence-corrected chi connectivity index (χ3v) is 11.2. The van der Waals surface area contributed by atoms with Gasteiger partial charge in [0, 0.05) is 5.41 Å². The highest BCUT2D eigenvalue weighted by Gasteiger charge is 2.36. The fraction of sp³-hybridized carbons (Fsp3) is 0.0600. The largest absolute Gasteiger partial charge is 0.192 e. The smallest absolute Gasteiger partial charge is 0.0991 e. The summed E-state index contributed by atoms with van der Waals surface area (Å²) in [6.45, 7) is 4.56. The van der Waals surface area contributed by atoms with Gasteiger partial charge in [-0.25, -0.2) is 0 Å². The maximum atomic E-state index is 9.65. The summed E-state index contributed by atoms with van der Waals surface area (Å²) in [6.07, 6.45) is 0. The molecule has 0 radical (unpaired) electrons. The SMILES string of the molecule is CC1(C)c2cc(C#N)ccc2-c2ccc(-c3ccc4c(-c5ccc6ccccc6c5)c5ccccc5c(-c5ccc6ccccc6c5)c4c3)cc21. The Morgan fingerprint density at radius 3 is 1.49 bits per heavy atom. The monoisotopic (exact) mass is 647 g/mol. The zero-order valence-electron chi connectivity index (χ0n) is 28.5. The van der Waals surface area contributed by atoms with Crippen LogP contribution in [0.5, 0.6) is 0 Å². The van der Waals surface area contributed by atoms with Crippen LogP contribution in [0.2, 0.25) is 0 Å². The van der Waals surface area contributed by atoms with Gasteiger partial charge in [0.1, 0.15) is 0 Å². The molecule has 0 saturated carbocycles. The summed E-state index contributed by atoms with van der Waals surface area (Å²) in [5, 5.41) is 19.6. The van der Waals surface area contributed by atoms with Gasteiger partial charge in [0.2, 0.25) is 0 Å². The minimum absolute atomic E-state index is 0.208. The molecule has 0 amide bonds. The van der Waals surface area contributed by atoms with Crippen molar-refractivity contribution in [2.75, 3.05) is 0 Å². The van der Waals surface area contributed by atoms with Crippen LogP contribution >= 0.6 is 0 Å². The molecule has 0 aliphatic heterocycles. The van der Waals surface area contributed by atoms with Crippen LogP contribution in [0.1, 0.15) is 30.5 Å². The van der Waals surface area contributed by atoms with E-state index in [0.717, 1.165) is 0 Å². The van der Waals surface area contributed by atoms with Crippen LogP contribution in [0, 0.1) is 11.3 Å². The average molecular weight is 648 g/mol. The van der Waals surface area contributed by atoms with Gasteiger partial charge in [-0.3, -0.25) is 0 Å². The van der Waals surface area contributed by atoms with E-state index in [1.165, 1.54) is 98.7 Å². The van der Waals surface area contributed by atoms with Gasteiger partial charge in [0.15, 0.2) is 0 Å². The molecule has 1 aliphatic rings. The van der Waals surface area contributed by atoms with E-state index >= 15 is 0 Å². The van der Waals surface area contributed by atoms with E-state index in [2.05, 4.69) is 178 Å². The summed E-state index contributed by atoms with van der Waals surface area (Å²) in [5.41, 5.74) is 12.9. The fourth-order valence-corrected chi connectivity index (χ4v) is 8.66. The van der Waals surface area contributed by atoms with Gasteiger partial charge in [0.05, 0.1) is 11.6 Å². The molecule has 238 valence electrons. The van der Waals surface area contributed by atoms with Crippen LogP contribution in [-0.2, 0) is 5.41 Å². The molecule has 0 aromatic heterocycles. The van der Waals surface area contributed by atoms with Crippen molar-refractivity contribution < 1.29 is 0 Å². The molecule has 0 spiro atoms. The highest BCUT2D eigenvalue weighted by atomic mass is 14.4. The third kappa shape index (κ3) is 4.47. The standard InChI is InChI=1S/C50H33N/c1-50(2)46-25-31(30-51)15-22-40(46)41-23-20-37(29-47(41)50)36-21-24-44-45(28-36)49(39-19-17-33-10-4-6-12-35(33)27-39)43-14-8-7-13-42(43)48(44)38-18-16-32-9-3-5-11-34(32)26-38/h3-29H,1-2H3. The molecular formula is C50H33N. The van der Waals surface area contributed by atoms with Crippen LogP contribution in [0.25, 0.3) is 87.6 Å². The first kappa shape index (κ1) is 29.4. The van der Waals surface area contributed by atoms with E-state index in [1.54, 1.807) is 0 Å². The summed E-state index contributed by atoms with van der Waals surface area (Å²) in [5.74, 6) is 0. The predicted molar refractivity (Wildman–Crippen MR) is 215 cm³/mol. The van der Waals surface area contributed by atoms with Crippen LogP contribution in [-0.4, -0.2) is 0 Å². The predicted octanol–water partition coefficient (Wildman–Crippen LogP) is 13.5. The van der Waals surface area contributed by atoms with Crippen molar-refractivity contribution in [3.63, 3.8) is 0 Å². The zero-order valence-corrected chi connectivity index (χ0v) is 28.5. The molecule has 1 nitrogen and oxygen atoms in total. The molecule has 9 aromatic carbocycles. The van der Waals surface area contributed by atoms with Gasteiger partial charge in [-0.05, 0) is 135 Å². The Kier molecular flexibility index (Phi) is 6.35. The maximum absolute atomic E-state index is 9.65. The maximum Gasteiger partial charge on any atom is 0.0991 e. The number of nitriles is 1. The first-order valence-corrected chi connectivity index (χ1v) is 17.6. The molecule has 0 saturated heterocycles. The third-order valence-electron chi connectivity index (χ3n) is 11.2. The van der Waals surface area contributed by atoms with Crippen LogP contribution in [0.3, 0.4) is 0 Å². The molecule has 0 unspecified atom stereocenters. The van der Waals surface area contributed by atoms with Crippen molar-refractivity contribution in [1.82, 2.24) is 0 Å². The Labute approximate surface area is 297 Å². The van der Waals surface area contributed by atoms with Gasteiger partial charge in [-0.15, -0.1) is 0 Å². The van der Waals surface area contributed by atoms with Gasteiger partial charge >= 0.3 is 0 Å². The molecule has 1 aliphatic carbocycles. The molecular weight excluding hydrogens is 615 g/mol. The van der Waals surface area contributed by atoms with Crippen LogP contribution in [0.4, 0.5) is 0 Å². The van der Waals surface area contributed by atoms with E-state index < -0.39 is 0 Å². The molecule has 0 fully saturated rings. The summed E-state index contributed by atoms with van der Waals surface area (Å²) in [6, 6.07) is 62.4. The quantitative estimate of drug-likeness (QED) is 0.175. The van der Waals surface area contributed by atoms with Gasteiger partial charge in [0.25, 0.3) is 0 Å². The molecule has 9 aromatic rings. The van der Waals surface area contributed by atoms with E-state index in [9.17, 15) is 5.26 Å². The molecule has 0 atom stereocenters. The summed E-state index contributed by atoms with van der Waals surface area (Å²) in [7, 11) is 0. The van der Waals surface area contributed by atoms with E-state index in [4.69, 9.17) is 0 Å². The number of benzene rings is 9. The molecule has 0 N–H and O–H groups in total. The normalized spacial score (nSPS) is 13.0. The molecule has 10 rings (SSSR count). The van der Waals surface area contributed by atoms with Crippen LogP contribution < -0.4 is 0 Å². The van der Waals surface area contributed by atoms with Crippen molar-refractivity contribution in [3.8, 4) is 50.6 Å². The van der Waals surface area contributed by atoms with Gasteiger partial charge in [-0.2, -0.15) is 5.26 Å². The second-order valence-corrected chi connectivity index (χ2v) is 14.4. The van der Waals surface area contributed by atoms with Crippen LogP contribution in [0.15, 0.2) is 164 Å². The van der Waals surface area contributed by atoms with Crippen molar-refractivity contribution in [2.24, 2.45) is 0 Å². The summed E-state index contributed by atoms with van der Waals surface area (Å²) >= 11 is 0. The second kappa shape index (κ2) is 11.0. The first-order valence-electron chi connectivity index (χ1n) is 17.6. The number of hydrogen-bond acceptors (Lipinski definition) is 1. The second-order valence-electron chi connectivity index (χ2n) is 14.4. The van der Waals surface area contributed by atoms with Gasteiger partial charge in [-0.1, -0.05) is 141 Å². The fourth-order valence-electron chi connectivity index (χ4n) is 8.66. The lowest BCUT2D eigenvalue weighted by atomic mass is 9.81. The van der Waals surface area contributed by atoms with E-state index in [-0.39, 0.29) is 5.41 Å². The Balaban J connectivity index is 1.25. The Hall–Kier alpha value is -6.49. The molecule has 1 heteroatoms. The molecule has 51 heavy (non-hydrogen) atoms. The van der Waals surface area contributed by atoms with Crippen molar-refractivity contribution in [3.05, 3.63) is 180 Å². The first-order chi connectivity index (χ1) is 25.0. The van der Waals surface area contributed by atoms with Crippen molar-refractivity contribution in [2.45, 2.75) is 19.3 Å². The highest BCUT2D eigenvalue weighted by molar-refractivity contribution is 6.22. The van der Waals surface area contributed by atoms with E-state index in [1.807, 2.05) is 6.07 Å². The van der Waals surface area contributed by atoms with E-state index in [0.29, 0.717) is 5.56 Å². The molecule has 0 bridgehead atoms. The summed E-state index contributed by atoms with van der Waals surface area (Å²) in [4.78, 5) is 0. The lowest BCUT2D eigenvalue weighted by molar-refractivity contribution is 0.660. The number of rotatable bonds is 3. The highest BCUT2D eigenvalue weighted by Crippen LogP contribution is 2.51. The summed E-state index contributed by atoms with van der Waals surface area (Å²) < 4.78 is 0. The van der Waals surface area contributed by atoms with Crippen molar-refractivity contribution in [1.29, 1.82) is 5.26 Å². The average Bonchev–Trinajstić information content (AvgIpc) is 3.41. The zero-order chi connectivity index (χ0) is 34.3. The minimum Gasteiger partial charge on any atom is -0.192 e. The molecule has 0 heterocycles. The van der Waals surface area contributed by atoms with Crippen molar-refractivity contribution >= 4 is 43.1 Å². The lowest BCUT2D eigenvalue weighted by Crippen LogP contribution is -2.15. The Morgan fingerprint density at radius 2 is 0.863 bits per heavy atom. The lowest BCUT2D eigenvalue weighted by Gasteiger charge is -2.22. The Morgan fingerprint density at radius 1 is 0.392 bits per heavy atom. The number of nitrogens with zero attached hydrogens (tertiary/aromatic N) is 1. The number of hydrogen-bond donors (Lipinski definition) is 0. The topological polar surface area (TPSA) is 23.8 Å². The Bertz CT molecular complexity index is 2950. The minimum atomic E-state index is -0.208. The number of fused-ring (bicyclic) bond motifs is 7.